The van der Waals surface area contributed by atoms with Gasteiger partial charge in [-0.15, -0.1) is 11.3 Å². The summed E-state index contributed by atoms with van der Waals surface area (Å²) in [6, 6.07) is 14.0. The number of amides is 2. The molecule has 5 aromatic rings. The fraction of sp³-hybridized carbons (Fsp3) is 0.120. The van der Waals surface area contributed by atoms with Crippen molar-refractivity contribution < 1.29 is 18.0 Å². The molecule has 0 saturated heterocycles. The number of pyridine rings is 1. The van der Waals surface area contributed by atoms with Crippen LogP contribution in [0.15, 0.2) is 66.4 Å². The van der Waals surface area contributed by atoms with Crippen LogP contribution >= 0.6 is 11.3 Å². The highest BCUT2D eigenvalue weighted by molar-refractivity contribution is 7.89. The minimum Gasteiger partial charge on any atom is -0.343 e. The molecule has 2 N–H and O–H groups in total. The molecule has 0 atom stereocenters. The van der Waals surface area contributed by atoms with Gasteiger partial charge in [0.25, 0.3) is 5.91 Å². The Bertz CT molecular complexity index is 1790. The Kier molecular flexibility index (Phi) is 6.70. The monoisotopic (exact) mass is 547 g/mol. The summed E-state index contributed by atoms with van der Waals surface area (Å²) in [5.41, 5.74) is 3.92. The van der Waals surface area contributed by atoms with E-state index in [-0.39, 0.29) is 12.1 Å². The van der Waals surface area contributed by atoms with Crippen molar-refractivity contribution in [2.75, 3.05) is 18.1 Å². The second kappa shape index (κ2) is 10.1. The van der Waals surface area contributed by atoms with Crippen LogP contribution in [-0.4, -0.2) is 56.9 Å². The van der Waals surface area contributed by atoms with Crippen molar-refractivity contribution >= 4 is 49.2 Å². The van der Waals surface area contributed by atoms with Crippen LogP contribution in [0, 0.1) is 6.92 Å². The van der Waals surface area contributed by atoms with Gasteiger partial charge in [0.1, 0.15) is 12.0 Å². The Hall–Kier alpha value is -4.49. The molecule has 0 aliphatic carbocycles. The summed E-state index contributed by atoms with van der Waals surface area (Å²) >= 11 is 1.22. The van der Waals surface area contributed by atoms with E-state index in [4.69, 9.17) is 0 Å². The summed E-state index contributed by atoms with van der Waals surface area (Å²) in [5.74, 6) is -1.05. The highest BCUT2D eigenvalue weighted by Crippen LogP contribution is 2.26. The van der Waals surface area contributed by atoms with E-state index in [0.717, 1.165) is 15.9 Å². The number of nitrogens with one attached hydrogen (secondary N) is 2. The molecule has 5 rings (SSSR count). The summed E-state index contributed by atoms with van der Waals surface area (Å²) < 4.78 is 25.3. The van der Waals surface area contributed by atoms with Crippen LogP contribution in [0.3, 0.4) is 0 Å². The van der Waals surface area contributed by atoms with Gasteiger partial charge in [0.15, 0.2) is 5.13 Å². The number of benzene rings is 1. The Morgan fingerprint density at radius 2 is 1.74 bits per heavy atom. The van der Waals surface area contributed by atoms with Crippen molar-refractivity contribution in [3.8, 4) is 22.8 Å². The molecule has 11 nitrogen and oxygen atoms in total. The zero-order valence-corrected chi connectivity index (χ0v) is 21.9. The van der Waals surface area contributed by atoms with E-state index >= 15 is 0 Å². The van der Waals surface area contributed by atoms with Crippen molar-refractivity contribution in [3.63, 3.8) is 0 Å². The minimum absolute atomic E-state index is 0.153. The van der Waals surface area contributed by atoms with Crippen LogP contribution in [0.1, 0.15) is 16.1 Å². The van der Waals surface area contributed by atoms with Gasteiger partial charge in [0.2, 0.25) is 15.9 Å². The molecule has 0 spiro atoms. The molecular formula is C25H21N7O4S2. The van der Waals surface area contributed by atoms with Crippen molar-refractivity contribution in [2.45, 2.75) is 6.92 Å². The van der Waals surface area contributed by atoms with Crippen LogP contribution in [-0.2, 0) is 14.8 Å². The average Bonchev–Trinajstić information content (AvgIpc) is 3.52. The van der Waals surface area contributed by atoms with Gasteiger partial charge in [-0.05, 0) is 31.2 Å². The summed E-state index contributed by atoms with van der Waals surface area (Å²) in [7, 11) is -3.62. The zero-order valence-electron chi connectivity index (χ0n) is 20.2. The number of para-hydroxylation sites is 1. The minimum atomic E-state index is -3.62. The highest BCUT2D eigenvalue weighted by atomic mass is 32.2. The molecule has 192 valence electrons. The average molecular weight is 548 g/mol. The van der Waals surface area contributed by atoms with Crippen LogP contribution in [0.4, 0.5) is 5.13 Å². The van der Waals surface area contributed by atoms with Gasteiger partial charge in [0.05, 0.1) is 41.0 Å². The lowest BCUT2D eigenvalue weighted by Gasteiger charge is -2.05. The van der Waals surface area contributed by atoms with Gasteiger partial charge >= 0.3 is 0 Å². The lowest BCUT2D eigenvalue weighted by Crippen LogP contribution is -2.32. The molecule has 38 heavy (non-hydrogen) atoms. The van der Waals surface area contributed by atoms with Crippen molar-refractivity contribution in [1.82, 2.24) is 29.2 Å². The largest absolute Gasteiger partial charge is 0.343 e. The van der Waals surface area contributed by atoms with E-state index in [1.807, 2.05) is 31.2 Å². The molecule has 0 aliphatic heterocycles. The maximum atomic E-state index is 12.8. The van der Waals surface area contributed by atoms with E-state index in [9.17, 15) is 18.0 Å². The zero-order chi connectivity index (χ0) is 26.9. The van der Waals surface area contributed by atoms with Crippen molar-refractivity contribution in [1.29, 1.82) is 0 Å². The van der Waals surface area contributed by atoms with Gasteiger partial charge in [-0.2, -0.15) is 0 Å². The van der Waals surface area contributed by atoms with E-state index in [1.165, 1.54) is 23.9 Å². The van der Waals surface area contributed by atoms with Gasteiger partial charge in [-0.3, -0.25) is 9.59 Å². The van der Waals surface area contributed by atoms with Gasteiger partial charge in [-0.1, -0.05) is 24.3 Å². The van der Waals surface area contributed by atoms with Crippen molar-refractivity contribution in [3.05, 3.63) is 77.7 Å². The van der Waals surface area contributed by atoms with E-state index in [1.54, 1.807) is 29.6 Å². The van der Waals surface area contributed by atoms with Crippen LogP contribution in [0.5, 0.6) is 0 Å². The molecule has 2 amide bonds. The SMILES string of the molecule is Cc1cc(-c2cccc(-c3csc(NC(=O)CNC(=O)c4cn(S(C)(=O)=O)c5ccccc45)n3)n2)ncn1. The molecule has 4 aromatic heterocycles. The summed E-state index contributed by atoms with van der Waals surface area (Å²) in [6.07, 6.45) is 3.79. The first-order valence-corrected chi connectivity index (χ1v) is 14.0. The molecule has 1 aromatic carbocycles. The highest BCUT2D eigenvalue weighted by Gasteiger charge is 2.19. The summed E-state index contributed by atoms with van der Waals surface area (Å²) in [6.45, 7) is 1.55. The lowest BCUT2D eigenvalue weighted by molar-refractivity contribution is -0.115. The van der Waals surface area contributed by atoms with Gasteiger partial charge in [0, 0.05) is 22.7 Å². The Labute approximate surface area is 221 Å². The second-order valence-electron chi connectivity index (χ2n) is 8.34. The Balaban J connectivity index is 1.25. The number of thiazole rings is 1. The number of aromatic nitrogens is 5. The predicted molar refractivity (Wildman–Crippen MR) is 144 cm³/mol. The van der Waals surface area contributed by atoms with Gasteiger partial charge < -0.3 is 10.6 Å². The number of anilines is 1. The molecule has 4 heterocycles. The first-order chi connectivity index (χ1) is 18.2. The number of hydrogen-bond donors (Lipinski definition) is 2. The lowest BCUT2D eigenvalue weighted by atomic mass is 10.1. The predicted octanol–water partition coefficient (Wildman–Crippen LogP) is 3.10. The standard InChI is InChI=1S/C25H21N7O4S2/c1-15-10-20(28-14-27-15)18-7-5-8-19(29-18)21-13-37-25(30-21)31-23(33)11-26-24(34)17-12-32(38(2,35)36)22-9-4-3-6-16(17)22/h3-10,12-14H,11H2,1-2H3,(H,26,34)(H,30,31,33). The maximum Gasteiger partial charge on any atom is 0.253 e. The number of nitrogens with zero attached hydrogens (tertiary/aromatic N) is 5. The van der Waals surface area contributed by atoms with E-state index in [0.29, 0.717) is 38.8 Å². The molecule has 13 heteroatoms. The Morgan fingerprint density at radius 1 is 0.974 bits per heavy atom. The number of rotatable bonds is 7. The molecule has 0 unspecified atom stereocenters. The molecular weight excluding hydrogens is 526 g/mol. The van der Waals surface area contributed by atoms with Gasteiger partial charge in [-0.25, -0.2) is 32.3 Å². The van der Waals surface area contributed by atoms with E-state index < -0.39 is 21.8 Å². The number of carbonyl (C=O) groups excluding carboxylic acids is 2. The molecule has 0 bridgehead atoms. The first kappa shape index (κ1) is 25.2. The third kappa shape index (κ3) is 5.28. The number of fused-ring (bicyclic) bond motifs is 1. The molecule has 0 fully saturated rings. The first-order valence-electron chi connectivity index (χ1n) is 11.3. The smallest absolute Gasteiger partial charge is 0.253 e. The Morgan fingerprint density at radius 3 is 2.50 bits per heavy atom. The maximum absolute atomic E-state index is 12.8. The number of aryl methyl sites for hydroxylation is 1. The number of hydrogen-bond acceptors (Lipinski definition) is 9. The van der Waals surface area contributed by atoms with Crippen LogP contribution in [0.2, 0.25) is 0 Å². The molecule has 0 saturated carbocycles. The summed E-state index contributed by atoms with van der Waals surface area (Å²) in [4.78, 5) is 42.7. The molecule has 0 aliphatic rings. The fourth-order valence-corrected chi connectivity index (χ4v) is 5.32. The van der Waals surface area contributed by atoms with Crippen molar-refractivity contribution in [2.24, 2.45) is 0 Å². The number of carbonyl (C=O) groups is 2. The third-order valence-electron chi connectivity index (χ3n) is 5.52. The summed E-state index contributed by atoms with van der Waals surface area (Å²) in [5, 5.41) is 7.78. The molecule has 0 radical (unpaired) electrons. The van der Waals surface area contributed by atoms with Crippen LogP contribution < -0.4 is 10.6 Å². The fourth-order valence-electron chi connectivity index (χ4n) is 3.79. The van der Waals surface area contributed by atoms with E-state index in [2.05, 4.69) is 30.6 Å². The topological polar surface area (TPSA) is 149 Å². The second-order valence-corrected chi connectivity index (χ2v) is 11.1. The quantitative estimate of drug-likeness (QED) is 0.316. The van der Waals surface area contributed by atoms with Crippen LogP contribution in [0.25, 0.3) is 33.7 Å². The third-order valence-corrected chi connectivity index (χ3v) is 7.29. The normalized spacial score (nSPS) is 11.4.